The molecule has 0 bridgehead atoms. The predicted molar refractivity (Wildman–Crippen MR) is 94.6 cm³/mol. The van der Waals surface area contributed by atoms with Crippen molar-refractivity contribution < 1.29 is 14.6 Å². The molecule has 0 spiro atoms. The van der Waals surface area contributed by atoms with Gasteiger partial charge in [-0.1, -0.05) is 25.1 Å². The SMILES string of the molecule is CCCN(CCOc1ccc(CCC(=O)O)cc1)c1ccccn1. The molecule has 5 heteroatoms. The number of hydrogen-bond donors (Lipinski definition) is 1. The van der Waals surface area contributed by atoms with Gasteiger partial charge in [0.05, 0.1) is 6.54 Å². The van der Waals surface area contributed by atoms with Gasteiger partial charge in [-0.15, -0.1) is 0 Å². The number of aromatic nitrogens is 1. The number of rotatable bonds is 10. The van der Waals surface area contributed by atoms with Gasteiger partial charge in [-0.2, -0.15) is 0 Å². The van der Waals surface area contributed by atoms with E-state index < -0.39 is 5.97 Å². The summed E-state index contributed by atoms with van der Waals surface area (Å²) in [5.41, 5.74) is 1.01. The van der Waals surface area contributed by atoms with Crippen molar-refractivity contribution in [3.8, 4) is 5.75 Å². The van der Waals surface area contributed by atoms with Crippen molar-refractivity contribution in [2.45, 2.75) is 26.2 Å². The van der Waals surface area contributed by atoms with E-state index >= 15 is 0 Å². The molecule has 2 aromatic rings. The second-order valence-electron chi connectivity index (χ2n) is 5.56. The van der Waals surface area contributed by atoms with Crippen molar-refractivity contribution in [2.24, 2.45) is 0 Å². The lowest BCUT2D eigenvalue weighted by atomic mass is 10.1. The van der Waals surface area contributed by atoms with E-state index in [1.54, 1.807) is 6.20 Å². The normalized spacial score (nSPS) is 10.4. The third-order valence-electron chi connectivity index (χ3n) is 3.65. The van der Waals surface area contributed by atoms with Gasteiger partial charge in [0, 0.05) is 19.2 Å². The summed E-state index contributed by atoms with van der Waals surface area (Å²) in [6.07, 6.45) is 3.54. The fourth-order valence-electron chi connectivity index (χ4n) is 2.43. The van der Waals surface area contributed by atoms with Crippen molar-refractivity contribution in [2.75, 3.05) is 24.6 Å². The number of carboxylic acid groups (broad SMARTS) is 1. The molecular formula is C19H24N2O3. The first kappa shape index (κ1) is 17.8. The molecule has 1 heterocycles. The average Bonchev–Trinajstić information content (AvgIpc) is 2.61. The molecule has 1 N–H and O–H groups in total. The number of pyridine rings is 1. The minimum absolute atomic E-state index is 0.149. The Labute approximate surface area is 142 Å². The summed E-state index contributed by atoms with van der Waals surface area (Å²) in [4.78, 5) is 17.2. The number of carboxylic acids is 1. The van der Waals surface area contributed by atoms with E-state index in [0.29, 0.717) is 13.0 Å². The number of aryl methyl sites for hydroxylation is 1. The van der Waals surface area contributed by atoms with Gasteiger partial charge in [-0.05, 0) is 42.7 Å². The van der Waals surface area contributed by atoms with Crippen LogP contribution in [0.1, 0.15) is 25.3 Å². The van der Waals surface area contributed by atoms with Crippen molar-refractivity contribution >= 4 is 11.8 Å². The summed E-state index contributed by atoms with van der Waals surface area (Å²) in [6.45, 7) is 4.43. The maximum absolute atomic E-state index is 10.6. The van der Waals surface area contributed by atoms with Crippen LogP contribution in [0.15, 0.2) is 48.7 Å². The second-order valence-corrected chi connectivity index (χ2v) is 5.56. The fourth-order valence-corrected chi connectivity index (χ4v) is 2.43. The molecule has 1 aromatic heterocycles. The van der Waals surface area contributed by atoms with Crippen LogP contribution in [0.2, 0.25) is 0 Å². The van der Waals surface area contributed by atoms with Crippen LogP contribution in [0.4, 0.5) is 5.82 Å². The summed E-state index contributed by atoms with van der Waals surface area (Å²) in [5.74, 6) is 0.986. The molecule has 0 saturated carbocycles. The first-order valence-electron chi connectivity index (χ1n) is 8.28. The van der Waals surface area contributed by atoms with Crippen LogP contribution >= 0.6 is 0 Å². The maximum Gasteiger partial charge on any atom is 0.303 e. The molecule has 1 aromatic carbocycles. The van der Waals surface area contributed by atoms with Crippen LogP contribution in [-0.2, 0) is 11.2 Å². The Kier molecular flexibility index (Phi) is 7.08. The number of nitrogens with zero attached hydrogens (tertiary/aromatic N) is 2. The van der Waals surface area contributed by atoms with E-state index in [1.807, 2.05) is 42.5 Å². The fraction of sp³-hybridized carbons (Fsp3) is 0.368. The lowest BCUT2D eigenvalue weighted by molar-refractivity contribution is -0.136. The van der Waals surface area contributed by atoms with Gasteiger partial charge in [0.1, 0.15) is 18.2 Å². The first-order valence-corrected chi connectivity index (χ1v) is 8.28. The Balaban J connectivity index is 1.82. The zero-order chi connectivity index (χ0) is 17.2. The first-order chi connectivity index (χ1) is 11.7. The molecule has 0 aliphatic rings. The summed E-state index contributed by atoms with van der Waals surface area (Å²) in [7, 11) is 0. The van der Waals surface area contributed by atoms with Crippen LogP contribution in [0.25, 0.3) is 0 Å². The molecular weight excluding hydrogens is 304 g/mol. The van der Waals surface area contributed by atoms with Crippen LogP contribution in [-0.4, -0.2) is 35.8 Å². The van der Waals surface area contributed by atoms with Crippen LogP contribution in [0.5, 0.6) is 5.75 Å². The minimum Gasteiger partial charge on any atom is -0.492 e. The molecule has 0 saturated heterocycles. The van der Waals surface area contributed by atoms with Crippen molar-refractivity contribution in [1.82, 2.24) is 4.98 Å². The minimum atomic E-state index is -0.777. The second kappa shape index (κ2) is 9.55. The van der Waals surface area contributed by atoms with Gasteiger partial charge >= 0.3 is 5.97 Å². The highest BCUT2D eigenvalue weighted by molar-refractivity contribution is 5.67. The van der Waals surface area contributed by atoms with Gasteiger partial charge in [-0.25, -0.2) is 4.98 Å². The van der Waals surface area contributed by atoms with Crippen molar-refractivity contribution in [1.29, 1.82) is 0 Å². The van der Waals surface area contributed by atoms with Gasteiger partial charge in [0.25, 0.3) is 0 Å². The number of hydrogen-bond acceptors (Lipinski definition) is 4. The molecule has 0 amide bonds. The largest absolute Gasteiger partial charge is 0.492 e. The van der Waals surface area contributed by atoms with Crippen LogP contribution in [0, 0.1) is 0 Å². The molecule has 2 rings (SSSR count). The quantitative estimate of drug-likeness (QED) is 0.724. The molecule has 24 heavy (non-hydrogen) atoms. The maximum atomic E-state index is 10.6. The molecule has 0 unspecified atom stereocenters. The third kappa shape index (κ3) is 5.91. The highest BCUT2D eigenvalue weighted by atomic mass is 16.5. The molecule has 0 aliphatic heterocycles. The van der Waals surface area contributed by atoms with Gasteiger partial charge < -0.3 is 14.7 Å². The van der Waals surface area contributed by atoms with E-state index in [0.717, 1.165) is 36.6 Å². The number of carbonyl (C=O) groups is 1. The standard InChI is InChI=1S/C19H24N2O3/c1-2-13-21(18-5-3-4-12-20-18)14-15-24-17-9-6-16(7-10-17)8-11-19(22)23/h3-7,9-10,12H,2,8,11,13-15H2,1H3,(H,22,23). The van der Waals surface area contributed by atoms with Gasteiger partial charge in [0.15, 0.2) is 0 Å². The summed E-state index contributed by atoms with van der Waals surface area (Å²) >= 11 is 0. The van der Waals surface area contributed by atoms with Crippen LogP contribution in [0.3, 0.4) is 0 Å². The average molecular weight is 328 g/mol. The molecule has 5 nitrogen and oxygen atoms in total. The Morgan fingerprint density at radius 3 is 2.58 bits per heavy atom. The Morgan fingerprint density at radius 1 is 1.17 bits per heavy atom. The van der Waals surface area contributed by atoms with E-state index in [4.69, 9.17) is 9.84 Å². The Bertz CT molecular complexity index is 614. The summed E-state index contributed by atoms with van der Waals surface area (Å²) in [6, 6.07) is 13.5. The van der Waals surface area contributed by atoms with Crippen LogP contribution < -0.4 is 9.64 Å². The summed E-state index contributed by atoms with van der Waals surface area (Å²) < 4.78 is 5.80. The molecule has 0 radical (unpaired) electrons. The predicted octanol–water partition coefficient (Wildman–Crippen LogP) is 3.39. The summed E-state index contributed by atoms with van der Waals surface area (Å²) in [5, 5.41) is 8.70. The zero-order valence-electron chi connectivity index (χ0n) is 14.0. The smallest absolute Gasteiger partial charge is 0.303 e. The lowest BCUT2D eigenvalue weighted by Crippen LogP contribution is -2.29. The van der Waals surface area contributed by atoms with E-state index in [2.05, 4.69) is 16.8 Å². The third-order valence-corrected chi connectivity index (χ3v) is 3.65. The number of anilines is 1. The van der Waals surface area contributed by atoms with Crippen molar-refractivity contribution in [3.63, 3.8) is 0 Å². The number of ether oxygens (including phenoxy) is 1. The molecule has 0 fully saturated rings. The highest BCUT2D eigenvalue weighted by Gasteiger charge is 2.06. The monoisotopic (exact) mass is 328 g/mol. The zero-order valence-corrected chi connectivity index (χ0v) is 14.0. The van der Waals surface area contributed by atoms with E-state index in [9.17, 15) is 4.79 Å². The van der Waals surface area contributed by atoms with Gasteiger partial charge in [0.2, 0.25) is 0 Å². The van der Waals surface area contributed by atoms with E-state index in [1.165, 1.54) is 0 Å². The molecule has 0 aliphatic carbocycles. The highest BCUT2D eigenvalue weighted by Crippen LogP contribution is 2.14. The number of benzene rings is 1. The molecule has 128 valence electrons. The Hall–Kier alpha value is -2.56. The van der Waals surface area contributed by atoms with E-state index in [-0.39, 0.29) is 6.42 Å². The van der Waals surface area contributed by atoms with Gasteiger partial charge in [-0.3, -0.25) is 4.79 Å². The molecule has 0 atom stereocenters. The Morgan fingerprint density at radius 2 is 1.96 bits per heavy atom. The lowest BCUT2D eigenvalue weighted by Gasteiger charge is -2.23. The topological polar surface area (TPSA) is 62.7 Å². The number of aliphatic carboxylic acids is 1. The van der Waals surface area contributed by atoms with Crippen molar-refractivity contribution in [3.05, 3.63) is 54.2 Å².